The minimum absolute atomic E-state index is 0.412. The molecule has 0 radical (unpaired) electrons. The van der Waals surface area contributed by atoms with E-state index in [9.17, 15) is 0 Å². The highest BCUT2D eigenvalue weighted by Gasteiger charge is 2.23. The van der Waals surface area contributed by atoms with Crippen LogP contribution in [0.1, 0.15) is 63.5 Å². The summed E-state index contributed by atoms with van der Waals surface area (Å²) in [6, 6.07) is 6.50. The molecule has 21 heavy (non-hydrogen) atoms. The maximum absolute atomic E-state index is 6.44. The van der Waals surface area contributed by atoms with E-state index in [1.54, 1.807) is 0 Å². The van der Waals surface area contributed by atoms with Crippen LogP contribution in [0.25, 0.3) is 0 Å². The number of hydrogen-bond acceptors (Lipinski definition) is 2. The number of para-hydroxylation sites is 1. The van der Waals surface area contributed by atoms with Crippen molar-refractivity contribution < 1.29 is 4.74 Å². The second kappa shape index (κ2) is 8.43. The van der Waals surface area contributed by atoms with Crippen molar-refractivity contribution in [3.63, 3.8) is 0 Å². The van der Waals surface area contributed by atoms with Gasteiger partial charge in [0.1, 0.15) is 5.75 Å². The molecule has 1 aliphatic rings. The second-order valence-electron chi connectivity index (χ2n) is 6.42. The fraction of sp³-hybridized carbons (Fsp3) is 0.684. The predicted molar refractivity (Wildman–Crippen MR) is 89.8 cm³/mol. The molecule has 2 atom stereocenters. The first kappa shape index (κ1) is 16.4. The van der Waals surface area contributed by atoms with Crippen LogP contribution in [0.3, 0.4) is 0 Å². The summed E-state index contributed by atoms with van der Waals surface area (Å²) in [6.07, 6.45) is 8.02. The van der Waals surface area contributed by atoms with Gasteiger partial charge in [0.25, 0.3) is 0 Å². The van der Waals surface area contributed by atoms with Crippen LogP contribution < -0.4 is 10.1 Å². The number of hydrogen-bond donors (Lipinski definition) is 1. The van der Waals surface area contributed by atoms with E-state index in [4.69, 9.17) is 4.74 Å². The third-order valence-electron chi connectivity index (χ3n) is 4.63. The lowest BCUT2D eigenvalue weighted by Crippen LogP contribution is -2.26. The van der Waals surface area contributed by atoms with E-state index >= 15 is 0 Å². The van der Waals surface area contributed by atoms with E-state index in [2.05, 4.69) is 44.3 Å². The zero-order valence-electron chi connectivity index (χ0n) is 14.0. The maximum atomic E-state index is 6.44. The minimum atomic E-state index is 0.412. The van der Waals surface area contributed by atoms with E-state index in [0.29, 0.717) is 6.10 Å². The molecular formula is C19H31NO. The number of ether oxygens (including phenoxy) is 1. The van der Waals surface area contributed by atoms with Crippen molar-refractivity contribution in [1.29, 1.82) is 0 Å². The summed E-state index contributed by atoms with van der Waals surface area (Å²) in [5.74, 6) is 1.98. The van der Waals surface area contributed by atoms with Gasteiger partial charge in [0, 0.05) is 12.1 Å². The average Bonchev–Trinajstić information content (AvgIpc) is 2.51. The molecule has 0 saturated heterocycles. The van der Waals surface area contributed by atoms with Crippen molar-refractivity contribution in [3.8, 4) is 5.75 Å². The van der Waals surface area contributed by atoms with Gasteiger partial charge in [-0.15, -0.1) is 0 Å². The number of aryl methyl sites for hydroxylation is 1. The zero-order valence-corrected chi connectivity index (χ0v) is 14.0. The smallest absolute Gasteiger partial charge is 0.127 e. The van der Waals surface area contributed by atoms with Crippen molar-refractivity contribution in [3.05, 3.63) is 29.3 Å². The van der Waals surface area contributed by atoms with Crippen LogP contribution in [0.5, 0.6) is 5.75 Å². The quantitative estimate of drug-likeness (QED) is 0.725. The van der Waals surface area contributed by atoms with Gasteiger partial charge in [0.05, 0.1) is 6.10 Å². The van der Waals surface area contributed by atoms with Crippen molar-refractivity contribution >= 4 is 0 Å². The monoisotopic (exact) mass is 289 g/mol. The van der Waals surface area contributed by atoms with Gasteiger partial charge in [-0.3, -0.25) is 0 Å². The third-order valence-corrected chi connectivity index (χ3v) is 4.63. The van der Waals surface area contributed by atoms with Crippen molar-refractivity contribution in [2.45, 2.75) is 71.9 Å². The summed E-state index contributed by atoms with van der Waals surface area (Å²) in [5.41, 5.74) is 2.58. The first-order chi connectivity index (χ1) is 10.2. The van der Waals surface area contributed by atoms with E-state index in [1.807, 2.05) is 0 Å². The summed E-state index contributed by atoms with van der Waals surface area (Å²) in [6.45, 7) is 8.65. The normalized spacial score (nSPS) is 22.2. The lowest BCUT2D eigenvalue weighted by molar-refractivity contribution is 0.120. The molecule has 0 spiro atoms. The third kappa shape index (κ3) is 4.74. The number of benzene rings is 1. The Bertz CT molecular complexity index is 430. The molecule has 118 valence electrons. The van der Waals surface area contributed by atoms with Gasteiger partial charge in [-0.2, -0.15) is 0 Å². The fourth-order valence-corrected chi connectivity index (χ4v) is 3.31. The Morgan fingerprint density at radius 2 is 2.10 bits per heavy atom. The summed E-state index contributed by atoms with van der Waals surface area (Å²) < 4.78 is 6.44. The van der Waals surface area contributed by atoms with Crippen LogP contribution in [-0.2, 0) is 6.54 Å². The van der Waals surface area contributed by atoms with Gasteiger partial charge < -0.3 is 10.1 Å². The fourth-order valence-electron chi connectivity index (χ4n) is 3.31. The molecule has 0 bridgehead atoms. The van der Waals surface area contributed by atoms with E-state index in [1.165, 1.54) is 49.7 Å². The molecule has 0 amide bonds. The van der Waals surface area contributed by atoms with Crippen molar-refractivity contribution in [2.24, 2.45) is 5.92 Å². The number of rotatable bonds is 7. The van der Waals surface area contributed by atoms with Gasteiger partial charge >= 0.3 is 0 Å². The van der Waals surface area contributed by atoms with Crippen LogP contribution in [0, 0.1) is 12.8 Å². The molecule has 2 rings (SSSR count). The Hall–Kier alpha value is -1.02. The Balaban J connectivity index is 2.03. The van der Waals surface area contributed by atoms with Crippen molar-refractivity contribution in [1.82, 2.24) is 5.32 Å². The van der Waals surface area contributed by atoms with Crippen LogP contribution in [-0.4, -0.2) is 12.6 Å². The Morgan fingerprint density at radius 3 is 2.86 bits per heavy atom. The first-order valence-corrected chi connectivity index (χ1v) is 8.70. The Kier molecular flexibility index (Phi) is 6.56. The van der Waals surface area contributed by atoms with Crippen molar-refractivity contribution in [2.75, 3.05) is 6.54 Å². The predicted octanol–water partition coefficient (Wildman–Crippen LogP) is 4.84. The van der Waals surface area contributed by atoms with Gasteiger partial charge in [0.2, 0.25) is 0 Å². The highest BCUT2D eigenvalue weighted by molar-refractivity contribution is 5.41. The molecule has 1 N–H and O–H groups in total. The van der Waals surface area contributed by atoms with Crippen LogP contribution in [0.4, 0.5) is 0 Å². The van der Waals surface area contributed by atoms with Crippen LogP contribution >= 0.6 is 0 Å². The topological polar surface area (TPSA) is 21.3 Å². The van der Waals surface area contributed by atoms with Gasteiger partial charge in [-0.25, -0.2) is 0 Å². The van der Waals surface area contributed by atoms with Gasteiger partial charge in [0.15, 0.2) is 0 Å². The summed E-state index contributed by atoms with van der Waals surface area (Å²) in [4.78, 5) is 0. The summed E-state index contributed by atoms with van der Waals surface area (Å²) >= 11 is 0. The molecule has 1 fully saturated rings. The molecule has 0 heterocycles. The summed E-state index contributed by atoms with van der Waals surface area (Å²) in [7, 11) is 0. The SMILES string of the molecule is CCCNCc1cccc(C)c1OC1CCCC(CC)C1. The van der Waals surface area contributed by atoms with E-state index < -0.39 is 0 Å². The molecular weight excluding hydrogens is 258 g/mol. The molecule has 0 aromatic heterocycles. The maximum Gasteiger partial charge on any atom is 0.127 e. The van der Waals surface area contributed by atoms with Crippen LogP contribution in [0.2, 0.25) is 0 Å². The molecule has 1 aromatic carbocycles. The van der Waals surface area contributed by atoms with Gasteiger partial charge in [-0.05, 0) is 50.6 Å². The standard InChI is InChI=1S/C19H31NO/c1-4-12-20-14-17-10-6-8-15(3)19(17)21-18-11-7-9-16(5-2)13-18/h6,8,10,16,18,20H,4-5,7,9,11-14H2,1-3H3. The van der Waals surface area contributed by atoms with E-state index in [0.717, 1.165) is 24.8 Å². The first-order valence-electron chi connectivity index (χ1n) is 8.70. The second-order valence-corrected chi connectivity index (χ2v) is 6.42. The largest absolute Gasteiger partial charge is 0.490 e. The summed E-state index contributed by atoms with van der Waals surface area (Å²) in [5, 5.41) is 3.50. The molecule has 1 saturated carbocycles. The average molecular weight is 289 g/mol. The molecule has 1 aromatic rings. The lowest BCUT2D eigenvalue weighted by Gasteiger charge is -2.30. The van der Waals surface area contributed by atoms with Crippen LogP contribution in [0.15, 0.2) is 18.2 Å². The Labute approximate surface area is 130 Å². The molecule has 2 unspecified atom stereocenters. The molecule has 1 aliphatic carbocycles. The number of nitrogens with one attached hydrogen (secondary N) is 1. The van der Waals surface area contributed by atoms with Gasteiger partial charge in [-0.1, -0.05) is 44.9 Å². The molecule has 2 nitrogen and oxygen atoms in total. The highest BCUT2D eigenvalue weighted by atomic mass is 16.5. The molecule has 0 aliphatic heterocycles. The van der Waals surface area contributed by atoms with E-state index in [-0.39, 0.29) is 0 Å². The lowest BCUT2D eigenvalue weighted by atomic mass is 9.85. The Morgan fingerprint density at radius 1 is 1.24 bits per heavy atom. The highest BCUT2D eigenvalue weighted by Crippen LogP contribution is 2.32. The molecule has 2 heteroatoms. The zero-order chi connectivity index (χ0) is 15.1. The minimum Gasteiger partial charge on any atom is -0.490 e.